The van der Waals surface area contributed by atoms with Crippen LogP contribution in [0.3, 0.4) is 0 Å². The molecule has 2 aromatic carbocycles. The van der Waals surface area contributed by atoms with Crippen molar-refractivity contribution in [3.63, 3.8) is 0 Å². The first-order valence-corrected chi connectivity index (χ1v) is 7.70. The molecular formula is C15H15NO3S. The molecule has 4 nitrogen and oxygen atoms in total. The number of sulfonamides is 1. The van der Waals surface area contributed by atoms with Gasteiger partial charge in [0.1, 0.15) is 5.75 Å². The van der Waals surface area contributed by atoms with Crippen molar-refractivity contribution in [2.45, 2.75) is 10.9 Å². The zero-order chi connectivity index (χ0) is 14.3. The van der Waals surface area contributed by atoms with Crippen molar-refractivity contribution in [1.82, 2.24) is 4.31 Å². The first-order valence-electron chi connectivity index (χ1n) is 6.26. The summed E-state index contributed by atoms with van der Waals surface area (Å²) in [7, 11) is -0.172. The van der Waals surface area contributed by atoms with Gasteiger partial charge in [0.2, 0.25) is 10.0 Å². The lowest BCUT2D eigenvalue weighted by Crippen LogP contribution is -2.24. The second-order valence-electron chi connectivity index (χ2n) is 4.73. The Bertz CT molecular complexity index is 738. The van der Waals surface area contributed by atoms with Gasteiger partial charge in [0, 0.05) is 7.05 Å². The predicted octanol–water partition coefficient (Wildman–Crippen LogP) is 2.42. The third-order valence-corrected chi connectivity index (χ3v) is 5.56. The van der Waals surface area contributed by atoms with Gasteiger partial charge in [-0.05, 0) is 29.3 Å². The second-order valence-corrected chi connectivity index (χ2v) is 6.70. The Morgan fingerprint density at radius 3 is 2.35 bits per heavy atom. The van der Waals surface area contributed by atoms with Crippen LogP contribution in [0.1, 0.15) is 17.2 Å². The highest BCUT2D eigenvalue weighted by Gasteiger charge is 2.40. The van der Waals surface area contributed by atoms with E-state index in [1.807, 2.05) is 36.4 Å². The molecule has 5 heteroatoms. The molecule has 2 aromatic rings. The molecule has 3 rings (SSSR count). The van der Waals surface area contributed by atoms with E-state index in [0.717, 1.165) is 16.9 Å². The quantitative estimate of drug-likeness (QED) is 0.853. The van der Waals surface area contributed by atoms with E-state index >= 15 is 0 Å². The van der Waals surface area contributed by atoms with Crippen LogP contribution in [0.2, 0.25) is 0 Å². The third kappa shape index (κ3) is 1.82. The van der Waals surface area contributed by atoms with Crippen molar-refractivity contribution >= 4 is 10.0 Å². The molecule has 20 heavy (non-hydrogen) atoms. The molecule has 0 spiro atoms. The fourth-order valence-electron chi connectivity index (χ4n) is 2.61. The molecule has 0 radical (unpaired) electrons. The topological polar surface area (TPSA) is 46.6 Å². The smallest absolute Gasteiger partial charge is 0.244 e. The third-order valence-electron chi connectivity index (χ3n) is 3.67. The van der Waals surface area contributed by atoms with Crippen molar-refractivity contribution < 1.29 is 13.2 Å². The van der Waals surface area contributed by atoms with Gasteiger partial charge in [0.25, 0.3) is 0 Å². The van der Waals surface area contributed by atoms with Gasteiger partial charge in [-0.15, -0.1) is 0 Å². The summed E-state index contributed by atoms with van der Waals surface area (Å²) in [5.41, 5.74) is 1.75. The van der Waals surface area contributed by atoms with Crippen LogP contribution in [0.15, 0.2) is 53.4 Å². The fourth-order valence-corrected chi connectivity index (χ4v) is 4.16. The normalized spacial score (nSPS) is 20.6. The molecule has 0 aliphatic carbocycles. The van der Waals surface area contributed by atoms with Crippen molar-refractivity contribution in [3.8, 4) is 5.75 Å². The fraction of sp³-hybridized carbons (Fsp3) is 0.200. The van der Waals surface area contributed by atoms with Crippen molar-refractivity contribution in [2.24, 2.45) is 0 Å². The maximum absolute atomic E-state index is 12.4. The number of rotatable bonds is 2. The number of hydrogen-bond donors (Lipinski definition) is 0. The van der Waals surface area contributed by atoms with Gasteiger partial charge in [-0.2, -0.15) is 4.31 Å². The highest BCUT2D eigenvalue weighted by Crippen LogP contribution is 2.42. The number of hydrogen-bond acceptors (Lipinski definition) is 3. The molecule has 1 atom stereocenters. The Balaban J connectivity index is 2.14. The summed E-state index contributed by atoms with van der Waals surface area (Å²) >= 11 is 0. The molecule has 0 unspecified atom stereocenters. The lowest BCUT2D eigenvalue weighted by molar-refractivity contribution is 0.413. The van der Waals surface area contributed by atoms with Gasteiger partial charge in [-0.1, -0.05) is 30.3 Å². The molecule has 0 saturated carbocycles. The summed E-state index contributed by atoms with van der Waals surface area (Å²) in [5, 5.41) is 0. The molecule has 0 saturated heterocycles. The average molecular weight is 289 g/mol. The molecule has 1 aliphatic heterocycles. The van der Waals surface area contributed by atoms with E-state index in [1.54, 1.807) is 26.3 Å². The van der Waals surface area contributed by atoms with E-state index in [-0.39, 0.29) is 6.04 Å². The van der Waals surface area contributed by atoms with Gasteiger partial charge < -0.3 is 4.74 Å². The van der Waals surface area contributed by atoms with Crippen LogP contribution >= 0.6 is 0 Å². The van der Waals surface area contributed by atoms with E-state index in [0.29, 0.717) is 4.90 Å². The molecule has 0 bridgehead atoms. The first-order chi connectivity index (χ1) is 9.55. The zero-order valence-corrected chi connectivity index (χ0v) is 12.1. The van der Waals surface area contributed by atoms with Crippen molar-refractivity contribution in [2.75, 3.05) is 14.2 Å². The van der Waals surface area contributed by atoms with Crippen LogP contribution in [-0.4, -0.2) is 26.9 Å². The number of fused-ring (bicyclic) bond motifs is 1. The molecular weight excluding hydrogens is 274 g/mol. The molecule has 1 aliphatic rings. The van der Waals surface area contributed by atoms with Crippen LogP contribution < -0.4 is 4.74 Å². The maximum Gasteiger partial charge on any atom is 0.244 e. The van der Waals surface area contributed by atoms with Gasteiger partial charge in [-0.25, -0.2) is 8.42 Å². The SMILES string of the molecule is COc1ccc([C@H]2c3ccccc3S(=O)(=O)N2C)cc1. The Morgan fingerprint density at radius 2 is 1.70 bits per heavy atom. The Morgan fingerprint density at radius 1 is 1.05 bits per heavy atom. The largest absolute Gasteiger partial charge is 0.497 e. The van der Waals surface area contributed by atoms with Crippen LogP contribution in [0.5, 0.6) is 5.75 Å². The van der Waals surface area contributed by atoms with Crippen LogP contribution in [0.25, 0.3) is 0 Å². The van der Waals surface area contributed by atoms with Crippen LogP contribution in [0, 0.1) is 0 Å². The van der Waals surface area contributed by atoms with E-state index in [2.05, 4.69) is 0 Å². The molecule has 0 aromatic heterocycles. The van der Waals surface area contributed by atoms with Crippen LogP contribution in [0.4, 0.5) is 0 Å². The highest BCUT2D eigenvalue weighted by molar-refractivity contribution is 7.89. The van der Waals surface area contributed by atoms with Gasteiger partial charge in [-0.3, -0.25) is 0 Å². The Labute approximate surface area is 118 Å². The Kier molecular flexibility index (Phi) is 3.03. The number of ether oxygens (including phenoxy) is 1. The summed E-state index contributed by atoms with van der Waals surface area (Å²) in [4.78, 5) is 0.392. The summed E-state index contributed by atoms with van der Waals surface area (Å²) in [6.07, 6.45) is 0. The van der Waals surface area contributed by atoms with E-state index in [4.69, 9.17) is 4.74 Å². The van der Waals surface area contributed by atoms with Gasteiger partial charge in [0.15, 0.2) is 0 Å². The molecule has 1 heterocycles. The standard InChI is InChI=1S/C15H15NO3S/c1-16-15(11-7-9-12(19-2)10-8-11)13-5-3-4-6-14(13)20(16,17)18/h3-10,15H,1-2H3/t15-/m0/s1. The van der Waals surface area contributed by atoms with Gasteiger partial charge in [0.05, 0.1) is 18.0 Å². The number of nitrogens with zero attached hydrogens (tertiary/aromatic N) is 1. The molecule has 0 N–H and O–H groups in total. The first kappa shape index (κ1) is 13.1. The summed E-state index contributed by atoms with van der Waals surface area (Å²) in [6.45, 7) is 0. The highest BCUT2D eigenvalue weighted by atomic mass is 32.2. The Hall–Kier alpha value is -1.85. The maximum atomic E-state index is 12.4. The molecule has 104 valence electrons. The summed E-state index contributed by atoms with van der Waals surface area (Å²) in [5.74, 6) is 0.755. The molecule has 0 fully saturated rings. The minimum absolute atomic E-state index is 0.276. The summed E-state index contributed by atoms with van der Waals surface area (Å²) in [6, 6.07) is 14.4. The minimum Gasteiger partial charge on any atom is -0.497 e. The zero-order valence-electron chi connectivity index (χ0n) is 11.3. The number of methoxy groups -OCH3 is 1. The minimum atomic E-state index is -3.40. The summed E-state index contributed by atoms with van der Waals surface area (Å²) < 4.78 is 31.3. The monoisotopic (exact) mass is 289 g/mol. The predicted molar refractivity (Wildman–Crippen MR) is 76.2 cm³/mol. The van der Waals surface area contributed by atoms with E-state index in [9.17, 15) is 8.42 Å². The average Bonchev–Trinajstić information content (AvgIpc) is 2.67. The lowest BCUT2D eigenvalue weighted by Gasteiger charge is -2.19. The van der Waals surface area contributed by atoms with Crippen LogP contribution in [-0.2, 0) is 10.0 Å². The molecule has 0 amide bonds. The van der Waals surface area contributed by atoms with Crippen molar-refractivity contribution in [1.29, 1.82) is 0 Å². The van der Waals surface area contributed by atoms with Gasteiger partial charge >= 0.3 is 0 Å². The lowest BCUT2D eigenvalue weighted by atomic mass is 9.99. The van der Waals surface area contributed by atoms with E-state index in [1.165, 1.54) is 4.31 Å². The van der Waals surface area contributed by atoms with E-state index < -0.39 is 10.0 Å². The number of benzene rings is 2. The second kappa shape index (κ2) is 4.61. The van der Waals surface area contributed by atoms with Crippen molar-refractivity contribution in [3.05, 3.63) is 59.7 Å².